The predicted molar refractivity (Wildman–Crippen MR) is 125 cm³/mol. The van der Waals surface area contributed by atoms with E-state index in [4.69, 9.17) is 13.9 Å². The van der Waals surface area contributed by atoms with Crippen molar-refractivity contribution in [3.8, 4) is 17.4 Å². The highest BCUT2D eigenvalue weighted by atomic mass is 16.5. The quantitative estimate of drug-likeness (QED) is 0.291. The predicted octanol–water partition coefficient (Wildman–Crippen LogP) is 4.85. The molecular formula is C26H22N2O6. The average Bonchev–Trinajstić information content (AvgIpc) is 3.32. The van der Waals surface area contributed by atoms with Crippen LogP contribution in [0.5, 0.6) is 0 Å². The van der Waals surface area contributed by atoms with Gasteiger partial charge in [-0.3, -0.25) is 4.79 Å². The Morgan fingerprint density at radius 3 is 1.97 bits per heavy atom. The van der Waals surface area contributed by atoms with Crippen LogP contribution in [0.1, 0.15) is 40.3 Å². The number of nitrogens with zero attached hydrogens (tertiary/aromatic N) is 1. The van der Waals surface area contributed by atoms with Gasteiger partial charge in [0.05, 0.1) is 24.3 Å². The van der Waals surface area contributed by atoms with E-state index in [0.717, 1.165) is 5.56 Å². The maximum absolute atomic E-state index is 12.5. The Hall–Kier alpha value is -4.64. The molecule has 34 heavy (non-hydrogen) atoms. The van der Waals surface area contributed by atoms with Crippen LogP contribution < -0.4 is 5.32 Å². The van der Waals surface area contributed by atoms with E-state index in [2.05, 4.69) is 5.32 Å². The van der Waals surface area contributed by atoms with E-state index in [0.29, 0.717) is 34.9 Å². The lowest BCUT2D eigenvalue weighted by Crippen LogP contribution is -2.13. The van der Waals surface area contributed by atoms with Crippen molar-refractivity contribution in [3.63, 3.8) is 0 Å². The Balaban J connectivity index is 1.70. The molecule has 1 aromatic heterocycles. The van der Waals surface area contributed by atoms with Gasteiger partial charge in [-0.1, -0.05) is 12.1 Å². The van der Waals surface area contributed by atoms with E-state index in [1.165, 1.54) is 18.2 Å². The van der Waals surface area contributed by atoms with Crippen molar-refractivity contribution in [2.45, 2.75) is 13.8 Å². The summed E-state index contributed by atoms with van der Waals surface area (Å²) < 4.78 is 15.6. The third-order valence-corrected chi connectivity index (χ3v) is 4.61. The minimum absolute atomic E-state index is 0.159. The minimum Gasteiger partial charge on any atom is -0.462 e. The molecule has 0 radical (unpaired) electrons. The lowest BCUT2D eigenvalue weighted by atomic mass is 10.1. The number of carbonyl (C=O) groups is 3. The summed E-state index contributed by atoms with van der Waals surface area (Å²) in [5.74, 6) is -0.662. The first-order chi connectivity index (χ1) is 16.4. The largest absolute Gasteiger partial charge is 0.462 e. The summed E-state index contributed by atoms with van der Waals surface area (Å²) in [6.45, 7) is 4.01. The molecule has 8 nitrogen and oxygen atoms in total. The average molecular weight is 458 g/mol. The Kier molecular flexibility index (Phi) is 7.97. The van der Waals surface area contributed by atoms with E-state index in [-0.39, 0.29) is 12.2 Å². The number of amides is 1. The smallest absolute Gasteiger partial charge is 0.338 e. The number of rotatable bonds is 8. The molecule has 172 valence electrons. The van der Waals surface area contributed by atoms with Crippen molar-refractivity contribution >= 4 is 29.6 Å². The Morgan fingerprint density at radius 2 is 1.44 bits per heavy atom. The molecule has 0 bridgehead atoms. The topological polar surface area (TPSA) is 119 Å². The summed E-state index contributed by atoms with van der Waals surface area (Å²) in [6.07, 6.45) is 1.33. The number of nitriles is 1. The Labute approximate surface area is 196 Å². The maximum Gasteiger partial charge on any atom is 0.338 e. The van der Waals surface area contributed by atoms with Gasteiger partial charge in [0.15, 0.2) is 0 Å². The van der Waals surface area contributed by atoms with Crippen molar-refractivity contribution in [2.75, 3.05) is 18.5 Å². The highest BCUT2D eigenvalue weighted by molar-refractivity contribution is 6.09. The zero-order valence-electron chi connectivity index (χ0n) is 18.7. The van der Waals surface area contributed by atoms with Crippen molar-refractivity contribution in [1.29, 1.82) is 5.26 Å². The first-order valence-corrected chi connectivity index (χ1v) is 10.5. The number of hydrogen-bond acceptors (Lipinski definition) is 7. The standard InChI is InChI=1S/C26H22N2O6/c1-3-32-25(30)18-7-5-17(6-8-18)23-14-13-22(34-23)15-20(16-27)24(29)28-21-11-9-19(10-12-21)26(31)33-4-2/h5-15H,3-4H2,1-2H3,(H,28,29)/b20-15+. The third-order valence-electron chi connectivity index (χ3n) is 4.61. The van der Waals surface area contributed by atoms with E-state index in [1.54, 1.807) is 62.4 Å². The molecule has 0 aliphatic carbocycles. The SMILES string of the molecule is CCOC(=O)c1ccc(NC(=O)/C(C#N)=C/c2ccc(-c3ccc(C(=O)OCC)cc3)o2)cc1. The molecule has 0 aliphatic rings. The fourth-order valence-corrected chi connectivity index (χ4v) is 2.96. The van der Waals surface area contributed by atoms with Gasteiger partial charge in [0.1, 0.15) is 23.2 Å². The molecule has 0 saturated carbocycles. The Bertz CT molecular complexity index is 1250. The van der Waals surface area contributed by atoms with Crippen LogP contribution in [0.15, 0.2) is 70.7 Å². The molecule has 1 heterocycles. The summed E-state index contributed by atoms with van der Waals surface area (Å²) in [6, 6.07) is 18.0. The molecule has 0 unspecified atom stereocenters. The summed E-state index contributed by atoms with van der Waals surface area (Å²) in [4.78, 5) is 36.0. The van der Waals surface area contributed by atoms with Gasteiger partial charge in [-0.15, -0.1) is 0 Å². The second-order valence-corrected chi connectivity index (χ2v) is 6.92. The molecule has 0 spiro atoms. The molecule has 3 rings (SSSR count). The number of esters is 2. The first kappa shape index (κ1) is 24.0. The van der Waals surface area contributed by atoms with Gasteiger partial charge in [-0.2, -0.15) is 5.26 Å². The molecule has 8 heteroatoms. The van der Waals surface area contributed by atoms with Gasteiger partial charge in [-0.25, -0.2) is 9.59 Å². The number of benzene rings is 2. The van der Waals surface area contributed by atoms with Crippen molar-refractivity contribution in [1.82, 2.24) is 0 Å². The van der Waals surface area contributed by atoms with Crippen LogP contribution >= 0.6 is 0 Å². The van der Waals surface area contributed by atoms with Crippen LogP contribution in [0.3, 0.4) is 0 Å². The normalized spacial score (nSPS) is 10.8. The van der Waals surface area contributed by atoms with E-state index in [1.807, 2.05) is 6.07 Å². The molecule has 2 aromatic carbocycles. The van der Waals surface area contributed by atoms with Crippen molar-refractivity contribution in [3.05, 3.63) is 83.1 Å². The number of ether oxygens (including phenoxy) is 2. The zero-order chi connectivity index (χ0) is 24.5. The number of hydrogen-bond donors (Lipinski definition) is 1. The number of anilines is 1. The summed E-state index contributed by atoms with van der Waals surface area (Å²) in [5, 5.41) is 12.0. The van der Waals surface area contributed by atoms with Crippen LogP contribution in [0, 0.1) is 11.3 Å². The van der Waals surface area contributed by atoms with Gasteiger partial charge in [0.25, 0.3) is 5.91 Å². The van der Waals surface area contributed by atoms with Crippen LogP contribution in [0.2, 0.25) is 0 Å². The third kappa shape index (κ3) is 5.99. The fraction of sp³-hybridized carbons (Fsp3) is 0.154. The molecule has 1 amide bonds. The first-order valence-electron chi connectivity index (χ1n) is 10.5. The van der Waals surface area contributed by atoms with Gasteiger partial charge < -0.3 is 19.2 Å². The second-order valence-electron chi connectivity index (χ2n) is 6.92. The van der Waals surface area contributed by atoms with Crippen LogP contribution in [0.4, 0.5) is 5.69 Å². The van der Waals surface area contributed by atoms with Crippen molar-refractivity contribution in [2.24, 2.45) is 0 Å². The van der Waals surface area contributed by atoms with E-state index in [9.17, 15) is 19.6 Å². The van der Waals surface area contributed by atoms with Crippen LogP contribution in [-0.4, -0.2) is 31.1 Å². The molecule has 0 aliphatic heterocycles. The molecule has 3 aromatic rings. The van der Waals surface area contributed by atoms with Crippen LogP contribution in [0.25, 0.3) is 17.4 Å². The van der Waals surface area contributed by atoms with E-state index >= 15 is 0 Å². The van der Waals surface area contributed by atoms with Crippen molar-refractivity contribution < 1.29 is 28.3 Å². The summed E-state index contributed by atoms with van der Waals surface area (Å²) in [7, 11) is 0. The Morgan fingerprint density at radius 1 is 0.882 bits per heavy atom. The van der Waals surface area contributed by atoms with Gasteiger partial charge >= 0.3 is 11.9 Å². The maximum atomic E-state index is 12.5. The molecule has 0 atom stereocenters. The summed E-state index contributed by atoms with van der Waals surface area (Å²) >= 11 is 0. The highest BCUT2D eigenvalue weighted by Crippen LogP contribution is 2.24. The minimum atomic E-state index is -0.622. The molecule has 0 saturated heterocycles. The van der Waals surface area contributed by atoms with Crippen LogP contribution in [-0.2, 0) is 14.3 Å². The number of nitrogens with one attached hydrogen (secondary N) is 1. The highest BCUT2D eigenvalue weighted by Gasteiger charge is 2.13. The second kappa shape index (κ2) is 11.3. The molecular weight excluding hydrogens is 436 g/mol. The fourth-order valence-electron chi connectivity index (χ4n) is 2.96. The molecule has 1 N–H and O–H groups in total. The molecule has 0 fully saturated rings. The monoisotopic (exact) mass is 458 g/mol. The summed E-state index contributed by atoms with van der Waals surface area (Å²) in [5.41, 5.74) is 1.76. The van der Waals surface area contributed by atoms with Gasteiger partial charge in [0, 0.05) is 17.3 Å². The van der Waals surface area contributed by atoms with Gasteiger partial charge in [-0.05, 0) is 62.4 Å². The lowest BCUT2D eigenvalue weighted by Gasteiger charge is -2.06. The number of carbonyl (C=O) groups excluding carboxylic acids is 3. The zero-order valence-corrected chi connectivity index (χ0v) is 18.7. The number of furan rings is 1. The van der Waals surface area contributed by atoms with E-state index < -0.39 is 17.8 Å². The lowest BCUT2D eigenvalue weighted by molar-refractivity contribution is -0.112. The van der Waals surface area contributed by atoms with Gasteiger partial charge in [0.2, 0.25) is 0 Å².